The van der Waals surface area contributed by atoms with E-state index in [-0.39, 0.29) is 34.2 Å². The van der Waals surface area contributed by atoms with Crippen LogP contribution in [0.3, 0.4) is 0 Å². The summed E-state index contributed by atoms with van der Waals surface area (Å²) >= 11 is 0. The summed E-state index contributed by atoms with van der Waals surface area (Å²) in [6, 6.07) is 21.1. The molecule has 10 nitrogen and oxygen atoms in total. The van der Waals surface area contributed by atoms with Gasteiger partial charge in [-0.3, -0.25) is 20.1 Å². The van der Waals surface area contributed by atoms with Crippen LogP contribution in [0.15, 0.2) is 91.0 Å². The van der Waals surface area contributed by atoms with E-state index in [9.17, 15) is 18.4 Å². The lowest BCUT2D eigenvalue weighted by Gasteiger charge is -2.21. The van der Waals surface area contributed by atoms with E-state index in [1.807, 2.05) is 42.5 Å². The first-order valence-corrected chi connectivity index (χ1v) is 12.3. The van der Waals surface area contributed by atoms with Crippen LogP contribution in [-0.2, 0) is 4.74 Å². The van der Waals surface area contributed by atoms with Crippen molar-refractivity contribution in [3.8, 4) is 11.1 Å². The predicted molar refractivity (Wildman–Crippen MR) is 149 cm³/mol. The fourth-order valence-electron chi connectivity index (χ4n) is 3.81. The van der Waals surface area contributed by atoms with Gasteiger partial charge in [-0.2, -0.15) is 4.39 Å². The molecule has 0 saturated carbocycles. The largest absolute Gasteiger partial charge is 0.441 e. The molecule has 0 radical (unpaired) electrons. The topological polar surface area (TPSA) is 148 Å². The van der Waals surface area contributed by atoms with Gasteiger partial charge in [0.05, 0.1) is 23.0 Å². The van der Waals surface area contributed by atoms with Crippen LogP contribution in [-0.4, -0.2) is 34.0 Å². The van der Waals surface area contributed by atoms with Crippen molar-refractivity contribution in [2.24, 2.45) is 11.6 Å². The minimum atomic E-state index is -1.17. The third-order valence-electron chi connectivity index (χ3n) is 5.93. The molecule has 6 N–H and O–H groups in total. The van der Waals surface area contributed by atoms with Gasteiger partial charge in [-0.1, -0.05) is 42.5 Å². The fraction of sp³-hybridized carbons (Fsp3) is 0.103. The molecule has 0 bridgehead atoms. The van der Waals surface area contributed by atoms with Crippen LogP contribution in [0, 0.1) is 11.8 Å². The van der Waals surface area contributed by atoms with Gasteiger partial charge in [0, 0.05) is 18.9 Å². The number of amides is 2. The maximum absolute atomic E-state index is 13.9. The number of nitrogens with one attached hydrogen (secondary N) is 2. The highest BCUT2D eigenvalue weighted by atomic mass is 19.1. The van der Waals surface area contributed by atoms with Crippen molar-refractivity contribution in [2.75, 3.05) is 12.4 Å². The Morgan fingerprint density at radius 1 is 0.951 bits per heavy atom. The molecule has 2 amide bonds. The molecule has 0 aliphatic carbocycles. The zero-order chi connectivity index (χ0) is 29.5. The number of halogens is 2. The maximum Gasteiger partial charge on any atom is 0.413 e. The molecule has 0 fully saturated rings. The SMILES string of the molecule is CC(OC(=O)N/C(=C(/N)c1ccc(C(=O)Nc2ccc(-c3ccccc3)cc2)cn1)N(C)N)c1cc(F)cnc1F. The molecule has 0 aliphatic heterocycles. The quantitative estimate of drug-likeness (QED) is 0.140. The van der Waals surface area contributed by atoms with Gasteiger partial charge in [-0.05, 0) is 48.4 Å². The number of alkyl carbamates (subject to hydrolysis) is 1. The lowest BCUT2D eigenvalue weighted by Crippen LogP contribution is -2.39. The van der Waals surface area contributed by atoms with Crippen molar-refractivity contribution in [3.63, 3.8) is 0 Å². The Labute approximate surface area is 234 Å². The molecule has 0 spiro atoms. The van der Waals surface area contributed by atoms with Crippen LogP contribution in [0.4, 0.5) is 19.3 Å². The number of hydrogen-bond donors (Lipinski definition) is 4. The summed E-state index contributed by atoms with van der Waals surface area (Å²) in [4.78, 5) is 32.7. The van der Waals surface area contributed by atoms with Gasteiger partial charge in [-0.25, -0.2) is 20.0 Å². The number of nitrogens with two attached hydrogens (primary N) is 2. The van der Waals surface area contributed by atoms with E-state index in [1.165, 1.54) is 32.3 Å². The van der Waals surface area contributed by atoms with Gasteiger partial charge >= 0.3 is 6.09 Å². The molecule has 210 valence electrons. The highest BCUT2D eigenvalue weighted by Gasteiger charge is 2.20. The first-order valence-electron chi connectivity index (χ1n) is 12.3. The van der Waals surface area contributed by atoms with Crippen LogP contribution in [0.1, 0.15) is 34.6 Å². The zero-order valence-electron chi connectivity index (χ0n) is 22.1. The summed E-state index contributed by atoms with van der Waals surface area (Å²) in [6.45, 7) is 1.35. The highest BCUT2D eigenvalue weighted by Crippen LogP contribution is 2.22. The third-order valence-corrected chi connectivity index (χ3v) is 5.93. The molecule has 1 atom stereocenters. The van der Waals surface area contributed by atoms with Crippen LogP contribution in [0.25, 0.3) is 16.8 Å². The number of aromatic nitrogens is 2. The van der Waals surface area contributed by atoms with Crippen molar-refractivity contribution >= 4 is 23.4 Å². The molecule has 4 rings (SSSR count). The van der Waals surface area contributed by atoms with Gasteiger partial charge in [0.15, 0.2) is 5.82 Å². The van der Waals surface area contributed by atoms with E-state index in [2.05, 4.69) is 20.6 Å². The van der Waals surface area contributed by atoms with E-state index >= 15 is 0 Å². The monoisotopic (exact) mass is 559 g/mol. The van der Waals surface area contributed by atoms with Crippen LogP contribution in [0.5, 0.6) is 0 Å². The molecular formula is C29H27F2N7O3. The number of pyridine rings is 2. The first kappa shape index (κ1) is 28.6. The number of rotatable bonds is 8. The van der Waals surface area contributed by atoms with Crippen molar-refractivity contribution in [2.45, 2.75) is 13.0 Å². The Morgan fingerprint density at radius 2 is 1.63 bits per heavy atom. The minimum absolute atomic E-state index is 0.0401. The van der Waals surface area contributed by atoms with Gasteiger partial charge < -0.3 is 15.8 Å². The normalized spacial score (nSPS) is 12.1. The molecule has 2 aromatic carbocycles. The standard InChI is InChI=1S/C29H27F2N7O3/c1-17(23-14-21(30)16-35-26(23)31)41-29(40)37-27(38(2)33)25(32)24-13-10-20(15-34-24)28(39)36-22-11-8-19(9-12-22)18-6-4-3-5-7-18/h3-17H,32-33H2,1-2H3,(H,36,39)(H,37,40)/b27-25-. The number of benzene rings is 2. The smallest absolute Gasteiger partial charge is 0.413 e. The molecule has 1 unspecified atom stereocenters. The maximum atomic E-state index is 13.9. The predicted octanol–water partition coefficient (Wildman–Crippen LogP) is 4.55. The number of ether oxygens (including phenoxy) is 1. The Morgan fingerprint density at radius 3 is 2.27 bits per heavy atom. The average molecular weight is 560 g/mol. The zero-order valence-corrected chi connectivity index (χ0v) is 22.1. The second-order valence-electron chi connectivity index (χ2n) is 8.91. The van der Waals surface area contributed by atoms with Gasteiger partial charge in [0.1, 0.15) is 17.6 Å². The molecule has 12 heteroatoms. The van der Waals surface area contributed by atoms with Crippen LogP contribution < -0.4 is 22.2 Å². The Hall–Kier alpha value is -5.36. The molecule has 0 saturated heterocycles. The number of carbonyl (C=O) groups excluding carboxylic acids is 2. The Balaban J connectivity index is 1.42. The average Bonchev–Trinajstić information content (AvgIpc) is 2.97. The molecular weight excluding hydrogens is 532 g/mol. The van der Waals surface area contributed by atoms with E-state index in [0.717, 1.165) is 22.2 Å². The number of anilines is 1. The Bertz CT molecular complexity index is 1560. The molecule has 2 aromatic heterocycles. The molecule has 0 aliphatic rings. The van der Waals surface area contributed by atoms with Crippen LogP contribution in [0.2, 0.25) is 0 Å². The van der Waals surface area contributed by atoms with Gasteiger partial charge in [-0.15, -0.1) is 0 Å². The summed E-state index contributed by atoms with van der Waals surface area (Å²) in [5.74, 6) is 3.61. The lowest BCUT2D eigenvalue weighted by atomic mass is 10.1. The third kappa shape index (κ3) is 7.19. The van der Waals surface area contributed by atoms with Gasteiger partial charge in [0.25, 0.3) is 5.91 Å². The van der Waals surface area contributed by atoms with E-state index in [4.69, 9.17) is 16.3 Å². The number of carbonyl (C=O) groups is 2. The number of hydrazine groups is 1. The van der Waals surface area contributed by atoms with Crippen molar-refractivity contribution < 1.29 is 23.1 Å². The lowest BCUT2D eigenvalue weighted by molar-refractivity contribution is 0.102. The summed E-state index contributed by atoms with van der Waals surface area (Å²) < 4.78 is 32.5. The number of nitrogens with zero attached hydrogens (tertiary/aromatic N) is 3. The van der Waals surface area contributed by atoms with Gasteiger partial charge in [0.2, 0.25) is 5.95 Å². The van der Waals surface area contributed by atoms with Crippen molar-refractivity contribution in [1.82, 2.24) is 20.3 Å². The van der Waals surface area contributed by atoms with E-state index in [1.54, 1.807) is 12.1 Å². The summed E-state index contributed by atoms with van der Waals surface area (Å²) in [7, 11) is 1.41. The molecule has 4 aromatic rings. The minimum Gasteiger partial charge on any atom is -0.441 e. The fourth-order valence-corrected chi connectivity index (χ4v) is 3.81. The van der Waals surface area contributed by atoms with E-state index in [0.29, 0.717) is 11.9 Å². The number of hydrogen-bond acceptors (Lipinski definition) is 8. The molecule has 41 heavy (non-hydrogen) atoms. The van der Waals surface area contributed by atoms with E-state index < -0.39 is 24.0 Å². The summed E-state index contributed by atoms with van der Waals surface area (Å²) in [6.07, 6.45) is -0.175. The Kier molecular flexibility index (Phi) is 8.85. The summed E-state index contributed by atoms with van der Waals surface area (Å²) in [5.41, 5.74) is 9.06. The first-order chi connectivity index (χ1) is 19.6. The highest BCUT2D eigenvalue weighted by molar-refractivity contribution is 6.04. The second-order valence-corrected chi connectivity index (χ2v) is 8.91. The molecule has 2 heterocycles. The van der Waals surface area contributed by atoms with Crippen molar-refractivity contribution in [3.05, 3.63) is 120 Å². The summed E-state index contributed by atoms with van der Waals surface area (Å²) in [5, 5.41) is 6.21. The second kappa shape index (κ2) is 12.7. The van der Waals surface area contributed by atoms with Crippen molar-refractivity contribution in [1.29, 1.82) is 0 Å². The van der Waals surface area contributed by atoms with Crippen LogP contribution >= 0.6 is 0 Å².